The lowest BCUT2D eigenvalue weighted by molar-refractivity contribution is -0.123. The largest absolute Gasteiger partial charge is 0.378 e. The summed E-state index contributed by atoms with van der Waals surface area (Å²) in [4.78, 5) is 28.2. The molecule has 4 rings (SSSR count). The van der Waals surface area contributed by atoms with Crippen LogP contribution in [-0.4, -0.2) is 43.1 Å². The maximum Gasteiger partial charge on any atom is 0.329 e. The minimum absolute atomic E-state index is 0.108. The van der Waals surface area contributed by atoms with Gasteiger partial charge in [0.2, 0.25) is 0 Å². The molecule has 2 saturated heterocycles. The molecule has 150 valence electrons. The lowest BCUT2D eigenvalue weighted by Crippen LogP contribution is -2.36. The first kappa shape index (κ1) is 19.1. The van der Waals surface area contributed by atoms with Gasteiger partial charge in [-0.1, -0.05) is 24.3 Å². The number of nitrogens with zero attached hydrogens (tertiary/aromatic N) is 2. The molecule has 0 radical (unpaired) electrons. The maximum atomic E-state index is 13.9. The topological polar surface area (TPSA) is 61.9 Å². The normalized spacial score (nSPS) is 18.5. The van der Waals surface area contributed by atoms with Crippen molar-refractivity contribution in [1.82, 2.24) is 10.2 Å². The summed E-state index contributed by atoms with van der Waals surface area (Å²) in [6, 6.07) is 11.6. The number of amides is 3. The number of aryl methyl sites for hydroxylation is 1. The molecule has 2 heterocycles. The number of hydrogen-bond acceptors (Lipinski definition) is 4. The summed E-state index contributed by atoms with van der Waals surface area (Å²) in [6.45, 7) is 4.98. The van der Waals surface area contributed by atoms with Gasteiger partial charge in [-0.15, -0.1) is 0 Å². The van der Waals surface area contributed by atoms with Crippen molar-refractivity contribution in [3.05, 3.63) is 70.7 Å². The van der Waals surface area contributed by atoms with Gasteiger partial charge in [0.25, 0.3) is 5.91 Å². The Labute approximate surface area is 168 Å². The highest BCUT2D eigenvalue weighted by Gasteiger charge is 2.34. The Morgan fingerprint density at radius 3 is 2.62 bits per heavy atom. The molecular formula is C22H22FN3O3. The molecule has 0 aliphatic carbocycles. The van der Waals surface area contributed by atoms with Crippen LogP contribution >= 0.6 is 0 Å². The summed E-state index contributed by atoms with van der Waals surface area (Å²) in [5, 5.41) is 2.60. The van der Waals surface area contributed by atoms with Crippen molar-refractivity contribution in [2.45, 2.75) is 13.5 Å². The van der Waals surface area contributed by atoms with E-state index in [1.54, 1.807) is 24.3 Å². The van der Waals surface area contributed by atoms with Crippen LogP contribution in [0.4, 0.5) is 14.9 Å². The second kappa shape index (κ2) is 8.05. The molecule has 2 fully saturated rings. The molecule has 0 unspecified atom stereocenters. The van der Waals surface area contributed by atoms with E-state index in [4.69, 9.17) is 4.74 Å². The van der Waals surface area contributed by atoms with Gasteiger partial charge in [-0.2, -0.15) is 0 Å². The zero-order chi connectivity index (χ0) is 20.4. The van der Waals surface area contributed by atoms with E-state index in [2.05, 4.69) is 16.3 Å². The zero-order valence-electron chi connectivity index (χ0n) is 16.2. The highest BCUT2D eigenvalue weighted by molar-refractivity contribution is 6.14. The Hall–Kier alpha value is -3.19. The van der Waals surface area contributed by atoms with Crippen LogP contribution in [0.5, 0.6) is 0 Å². The molecule has 2 aromatic carbocycles. The van der Waals surface area contributed by atoms with Crippen LogP contribution in [0, 0.1) is 12.7 Å². The van der Waals surface area contributed by atoms with E-state index in [1.165, 1.54) is 6.07 Å². The van der Waals surface area contributed by atoms with Crippen molar-refractivity contribution in [2.24, 2.45) is 0 Å². The molecule has 2 aliphatic rings. The number of ether oxygens (including phenoxy) is 1. The molecule has 7 heteroatoms. The van der Waals surface area contributed by atoms with Crippen molar-refractivity contribution in [1.29, 1.82) is 0 Å². The molecule has 6 nitrogen and oxygen atoms in total. The Bertz CT molecular complexity index is 983. The zero-order valence-corrected chi connectivity index (χ0v) is 16.2. The lowest BCUT2D eigenvalue weighted by Gasteiger charge is -2.29. The first-order valence-corrected chi connectivity index (χ1v) is 9.54. The van der Waals surface area contributed by atoms with E-state index in [1.807, 2.05) is 19.1 Å². The van der Waals surface area contributed by atoms with Crippen molar-refractivity contribution < 1.29 is 18.7 Å². The first-order chi connectivity index (χ1) is 14.0. The quantitative estimate of drug-likeness (QED) is 0.639. The van der Waals surface area contributed by atoms with Gasteiger partial charge in [-0.05, 0) is 42.3 Å². The average Bonchev–Trinajstić information content (AvgIpc) is 2.99. The Morgan fingerprint density at radius 1 is 1.14 bits per heavy atom. The number of benzene rings is 2. The minimum atomic E-state index is -0.549. The predicted octanol–water partition coefficient (Wildman–Crippen LogP) is 3.06. The molecular weight excluding hydrogens is 373 g/mol. The van der Waals surface area contributed by atoms with Crippen molar-refractivity contribution in [2.75, 3.05) is 31.2 Å². The number of hydrogen-bond donors (Lipinski definition) is 1. The second-order valence-corrected chi connectivity index (χ2v) is 7.11. The number of carbonyl (C=O) groups is 2. The number of carbonyl (C=O) groups excluding carboxylic acids is 2. The maximum absolute atomic E-state index is 13.9. The fourth-order valence-electron chi connectivity index (χ4n) is 3.51. The van der Waals surface area contributed by atoms with Gasteiger partial charge in [-0.25, -0.2) is 9.18 Å². The number of morpholine rings is 1. The van der Waals surface area contributed by atoms with Gasteiger partial charge in [-0.3, -0.25) is 9.69 Å². The van der Waals surface area contributed by atoms with Gasteiger partial charge >= 0.3 is 6.03 Å². The number of imide groups is 1. The van der Waals surface area contributed by atoms with E-state index >= 15 is 0 Å². The molecule has 0 spiro atoms. The fraction of sp³-hybridized carbons (Fsp3) is 0.273. The third-order valence-electron chi connectivity index (χ3n) is 5.18. The summed E-state index contributed by atoms with van der Waals surface area (Å²) in [7, 11) is 0. The standard InChI is InChI=1S/C22H22FN3O3/c1-15-12-18(25-8-10-29-11-9-25)7-6-16(15)13-20-21(27)26(22(28)24-20)14-17-4-2-3-5-19(17)23/h2-7,12-13H,8-11,14H2,1H3,(H,24,28). The average molecular weight is 395 g/mol. The van der Waals surface area contributed by atoms with Crippen LogP contribution < -0.4 is 10.2 Å². The van der Waals surface area contributed by atoms with Gasteiger partial charge in [0, 0.05) is 24.3 Å². The summed E-state index contributed by atoms with van der Waals surface area (Å²) in [5.41, 5.74) is 3.43. The van der Waals surface area contributed by atoms with Gasteiger partial charge in [0.1, 0.15) is 11.5 Å². The number of halogens is 1. The predicted molar refractivity (Wildman–Crippen MR) is 108 cm³/mol. The van der Waals surface area contributed by atoms with E-state index in [9.17, 15) is 14.0 Å². The Balaban J connectivity index is 1.53. The molecule has 1 N–H and O–H groups in total. The smallest absolute Gasteiger partial charge is 0.329 e. The Morgan fingerprint density at radius 2 is 1.90 bits per heavy atom. The van der Waals surface area contributed by atoms with Gasteiger partial charge in [0.05, 0.1) is 19.8 Å². The SMILES string of the molecule is Cc1cc(N2CCOCC2)ccc1C=C1NC(=O)N(Cc2ccccc2F)C1=O. The van der Waals surface area contributed by atoms with Crippen LogP contribution in [0.2, 0.25) is 0 Å². The number of rotatable bonds is 4. The van der Waals surface area contributed by atoms with Crippen LogP contribution in [0.25, 0.3) is 6.08 Å². The van der Waals surface area contributed by atoms with Crippen molar-refractivity contribution >= 4 is 23.7 Å². The number of urea groups is 1. The van der Waals surface area contributed by atoms with E-state index in [0.29, 0.717) is 18.8 Å². The third-order valence-corrected chi connectivity index (χ3v) is 5.18. The number of anilines is 1. The van der Waals surface area contributed by atoms with Crippen LogP contribution in [0.1, 0.15) is 16.7 Å². The van der Waals surface area contributed by atoms with Crippen molar-refractivity contribution in [3.63, 3.8) is 0 Å². The van der Waals surface area contributed by atoms with E-state index < -0.39 is 17.8 Å². The first-order valence-electron chi connectivity index (χ1n) is 9.54. The van der Waals surface area contributed by atoms with Crippen LogP contribution in [0.3, 0.4) is 0 Å². The summed E-state index contributed by atoms with van der Waals surface area (Å²) in [5.74, 6) is -0.907. The van der Waals surface area contributed by atoms with Crippen molar-refractivity contribution in [3.8, 4) is 0 Å². The minimum Gasteiger partial charge on any atom is -0.378 e. The molecule has 0 saturated carbocycles. The Kier molecular flexibility index (Phi) is 5.31. The van der Waals surface area contributed by atoms with Gasteiger partial charge < -0.3 is 15.0 Å². The molecule has 29 heavy (non-hydrogen) atoms. The van der Waals surface area contributed by atoms with E-state index in [-0.39, 0.29) is 12.2 Å². The molecule has 3 amide bonds. The summed E-state index contributed by atoms with van der Waals surface area (Å²) in [6.07, 6.45) is 1.67. The molecule has 2 aliphatic heterocycles. The van der Waals surface area contributed by atoms with E-state index in [0.717, 1.165) is 34.8 Å². The molecule has 0 atom stereocenters. The number of nitrogens with one attached hydrogen (secondary N) is 1. The third kappa shape index (κ3) is 4.00. The van der Waals surface area contributed by atoms with Crippen LogP contribution in [0.15, 0.2) is 48.2 Å². The van der Waals surface area contributed by atoms with Gasteiger partial charge in [0.15, 0.2) is 0 Å². The highest BCUT2D eigenvalue weighted by atomic mass is 19.1. The summed E-state index contributed by atoms with van der Waals surface area (Å²) < 4.78 is 19.3. The second-order valence-electron chi connectivity index (χ2n) is 7.11. The monoisotopic (exact) mass is 395 g/mol. The highest BCUT2D eigenvalue weighted by Crippen LogP contribution is 2.24. The van der Waals surface area contributed by atoms with Crippen LogP contribution in [-0.2, 0) is 16.1 Å². The molecule has 0 bridgehead atoms. The summed E-state index contributed by atoms with van der Waals surface area (Å²) >= 11 is 0. The fourth-order valence-corrected chi connectivity index (χ4v) is 3.51. The molecule has 2 aromatic rings. The lowest BCUT2D eigenvalue weighted by atomic mass is 10.1. The molecule has 0 aromatic heterocycles.